The number of benzene rings is 2. The molecule has 2 heterocycles. The molecule has 2 aromatic carbocycles. The van der Waals surface area contributed by atoms with Crippen LogP contribution in [0, 0.1) is 5.82 Å². The number of halogens is 1. The number of carbonyl (C=O) groups excluding carboxylic acids is 1. The van der Waals surface area contributed by atoms with Crippen LogP contribution >= 0.6 is 0 Å². The summed E-state index contributed by atoms with van der Waals surface area (Å²) in [7, 11) is 1.72. The topological polar surface area (TPSA) is 50.5 Å². The number of amides is 1. The second-order valence-electron chi connectivity index (χ2n) is 7.16. The van der Waals surface area contributed by atoms with E-state index in [2.05, 4.69) is 4.90 Å². The molecule has 0 radical (unpaired) electrons. The van der Waals surface area contributed by atoms with Crippen molar-refractivity contribution in [2.24, 2.45) is 7.05 Å². The molecule has 0 atom stereocenters. The Morgan fingerprint density at radius 3 is 2.32 bits per heavy atom. The second kappa shape index (κ2) is 7.59. The van der Waals surface area contributed by atoms with Crippen molar-refractivity contribution in [3.05, 3.63) is 70.4 Å². The van der Waals surface area contributed by atoms with Gasteiger partial charge in [-0.25, -0.2) is 9.18 Å². The van der Waals surface area contributed by atoms with E-state index < -0.39 is 0 Å². The van der Waals surface area contributed by atoms with Gasteiger partial charge in [0, 0.05) is 45.3 Å². The average Bonchev–Trinajstić information content (AvgIpc) is 2.95. The van der Waals surface area contributed by atoms with Crippen LogP contribution in [0.15, 0.2) is 53.3 Å². The van der Waals surface area contributed by atoms with Gasteiger partial charge < -0.3 is 4.90 Å². The van der Waals surface area contributed by atoms with E-state index in [4.69, 9.17) is 0 Å². The van der Waals surface area contributed by atoms with Crippen molar-refractivity contribution in [3.63, 3.8) is 0 Å². The maximum Gasteiger partial charge on any atom is 0.329 e. The number of carbonyl (C=O) groups is 1. The molecule has 0 bridgehead atoms. The van der Waals surface area contributed by atoms with Crippen LogP contribution in [-0.2, 0) is 24.9 Å². The first-order valence-corrected chi connectivity index (χ1v) is 9.42. The van der Waals surface area contributed by atoms with E-state index in [1.165, 1.54) is 10.6 Å². The molecule has 0 spiro atoms. The second-order valence-corrected chi connectivity index (χ2v) is 7.16. The molecule has 1 saturated heterocycles. The van der Waals surface area contributed by atoms with E-state index in [1.807, 2.05) is 30.3 Å². The molecule has 1 amide bonds. The lowest BCUT2D eigenvalue weighted by atomic mass is 10.2. The highest BCUT2D eigenvalue weighted by molar-refractivity contribution is 5.81. The molecule has 146 valence electrons. The Hall–Kier alpha value is -2.93. The number of piperazine rings is 1. The third-order valence-corrected chi connectivity index (χ3v) is 5.42. The van der Waals surface area contributed by atoms with Crippen LogP contribution in [0.4, 0.5) is 4.39 Å². The van der Waals surface area contributed by atoms with E-state index in [-0.39, 0.29) is 24.0 Å². The van der Waals surface area contributed by atoms with Gasteiger partial charge in [-0.05, 0) is 18.2 Å². The van der Waals surface area contributed by atoms with Gasteiger partial charge in [0.25, 0.3) is 0 Å². The summed E-state index contributed by atoms with van der Waals surface area (Å²) in [5, 5.41) is 0. The lowest BCUT2D eigenvalue weighted by molar-refractivity contribution is -0.133. The van der Waals surface area contributed by atoms with Gasteiger partial charge in [-0.2, -0.15) is 0 Å². The number of aryl methyl sites for hydroxylation is 1. The summed E-state index contributed by atoms with van der Waals surface area (Å²) in [6.07, 6.45) is 0. The van der Waals surface area contributed by atoms with Crippen molar-refractivity contribution in [1.82, 2.24) is 18.9 Å². The molecular weight excluding hydrogens is 359 g/mol. The standard InChI is InChI=1S/C21H23FN4O2/c1-23-18-8-4-5-9-19(18)26(21(23)28)15-20(27)25-12-10-24(11-13-25)14-16-6-2-3-7-17(16)22/h2-9H,10-15H2,1H3. The predicted octanol–water partition coefficient (Wildman–Crippen LogP) is 1.82. The molecule has 0 unspecified atom stereocenters. The van der Waals surface area contributed by atoms with E-state index in [0.717, 1.165) is 11.0 Å². The molecule has 4 rings (SSSR count). The Balaban J connectivity index is 1.41. The van der Waals surface area contributed by atoms with Gasteiger partial charge in [0.15, 0.2) is 0 Å². The van der Waals surface area contributed by atoms with Gasteiger partial charge in [0.1, 0.15) is 12.4 Å². The zero-order valence-electron chi connectivity index (χ0n) is 15.8. The first-order valence-electron chi connectivity index (χ1n) is 9.42. The molecule has 0 aliphatic carbocycles. The number of hydrogen-bond acceptors (Lipinski definition) is 3. The summed E-state index contributed by atoms with van der Waals surface area (Å²) < 4.78 is 16.9. The van der Waals surface area contributed by atoms with Crippen LogP contribution in [0.2, 0.25) is 0 Å². The minimum atomic E-state index is -0.198. The number of rotatable bonds is 4. The zero-order chi connectivity index (χ0) is 19.7. The van der Waals surface area contributed by atoms with Crippen LogP contribution < -0.4 is 5.69 Å². The average molecular weight is 382 g/mol. The quantitative estimate of drug-likeness (QED) is 0.692. The van der Waals surface area contributed by atoms with Crippen molar-refractivity contribution in [1.29, 1.82) is 0 Å². The SMILES string of the molecule is Cn1c(=O)n(CC(=O)N2CCN(Cc3ccccc3F)CC2)c2ccccc21. The lowest BCUT2D eigenvalue weighted by Crippen LogP contribution is -2.49. The lowest BCUT2D eigenvalue weighted by Gasteiger charge is -2.34. The van der Waals surface area contributed by atoms with Gasteiger partial charge in [0.05, 0.1) is 11.0 Å². The van der Waals surface area contributed by atoms with Crippen molar-refractivity contribution >= 4 is 16.9 Å². The van der Waals surface area contributed by atoms with Crippen molar-refractivity contribution in [2.75, 3.05) is 26.2 Å². The summed E-state index contributed by atoms with van der Waals surface area (Å²) in [5.41, 5.74) is 2.06. The number of fused-ring (bicyclic) bond motifs is 1. The van der Waals surface area contributed by atoms with E-state index in [1.54, 1.807) is 28.6 Å². The highest BCUT2D eigenvalue weighted by Crippen LogP contribution is 2.14. The number of aromatic nitrogens is 2. The minimum absolute atomic E-state index is 0.0352. The first kappa shape index (κ1) is 18.4. The van der Waals surface area contributed by atoms with Crippen molar-refractivity contribution in [3.8, 4) is 0 Å². The summed E-state index contributed by atoms with van der Waals surface area (Å²) in [4.78, 5) is 29.2. The molecule has 1 aliphatic rings. The molecule has 1 aliphatic heterocycles. The van der Waals surface area contributed by atoms with Crippen LogP contribution in [0.1, 0.15) is 5.56 Å². The smallest absolute Gasteiger partial charge is 0.329 e. The normalized spacial score (nSPS) is 15.3. The van der Waals surface area contributed by atoms with Crippen molar-refractivity contribution < 1.29 is 9.18 Å². The fourth-order valence-electron chi connectivity index (χ4n) is 3.77. The molecule has 1 fully saturated rings. The Kier molecular flexibility index (Phi) is 5.00. The molecular formula is C21H23FN4O2. The number of nitrogens with zero attached hydrogens (tertiary/aromatic N) is 4. The van der Waals surface area contributed by atoms with Gasteiger partial charge in [-0.1, -0.05) is 30.3 Å². The molecule has 7 heteroatoms. The Bertz CT molecular complexity index is 1060. The molecule has 6 nitrogen and oxygen atoms in total. The van der Waals surface area contributed by atoms with Crippen LogP contribution in [0.25, 0.3) is 11.0 Å². The van der Waals surface area contributed by atoms with Gasteiger partial charge in [-0.3, -0.25) is 18.8 Å². The Morgan fingerprint density at radius 1 is 0.964 bits per heavy atom. The van der Waals surface area contributed by atoms with E-state index in [0.29, 0.717) is 38.3 Å². The molecule has 1 aromatic heterocycles. The van der Waals surface area contributed by atoms with Crippen LogP contribution in [-0.4, -0.2) is 51.0 Å². The largest absolute Gasteiger partial charge is 0.339 e. The van der Waals surface area contributed by atoms with Gasteiger partial charge in [-0.15, -0.1) is 0 Å². The highest BCUT2D eigenvalue weighted by atomic mass is 19.1. The predicted molar refractivity (Wildman–Crippen MR) is 105 cm³/mol. The van der Waals surface area contributed by atoms with Gasteiger partial charge >= 0.3 is 5.69 Å². The molecule has 3 aromatic rings. The number of imidazole rings is 1. The summed E-state index contributed by atoms with van der Waals surface area (Å²) in [6, 6.07) is 14.3. The third kappa shape index (κ3) is 3.45. The maximum absolute atomic E-state index is 13.8. The minimum Gasteiger partial charge on any atom is -0.339 e. The summed E-state index contributed by atoms with van der Waals surface area (Å²) in [6.45, 7) is 3.10. The maximum atomic E-state index is 13.8. The number of hydrogen-bond donors (Lipinski definition) is 0. The zero-order valence-corrected chi connectivity index (χ0v) is 15.8. The third-order valence-electron chi connectivity index (χ3n) is 5.42. The van der Waals surface area contributed by atoms with Gasteiger partial charge in [0.2, 0.25) is 5.91 Å². The summed E-state index contributed by atoms with van der Waals surface area (Å²) in [5.74, 6) is -0.264. The fourth-order valence-corrected chi connectivity index (χ4v) is 3.77. The molecule has 0 N–H and O–H groups in total. The highest BCUT2D eigenvalue weighted by Gasteiger charge is 2.23. The monoisotopic (exact) mass is 382 g/mol. The number of para-hydroxylation sites is 2. The van der Waals surface area contributed by atoms with Crippen LogP contribution in [0.5, 0.6) is 0 Å². The molecule has 28 heavy (non-hydrogen) atoms. The summed E-state index contributed by atoms with van der Waals surface area (Å²) >= 11 is 0. The van der Waals surface area contributed by atoms with E-state index in [9.17, 15) is 14.0 Å². The molecule has 0 saturated carbocycles. The van der Waals surface area contributed by atoms with Crippen LogP contribution in [0.3, 0.4) is 0 Å². The first-order chi connectivity index (χ1) is 13.5. The van der Waals surface area contributed by atoms with Crippen molar-refractivity contribution in [2.45, 2.75) is 13.1 Å². The Labute approximate surface area is 162 Å². The fraction of sp³-hybridized carbons (Fsp3) is 0.333. The Morgan fingerprint density at radius 2 is 1.61 bits per heavy atom. The van der Waals surface area contributed by atoms with E-state index >= 15 is 0 Å².